The fourth-order valence-corrected chi connectivity index (χ4v) is 2.20. The Hall–Kier alpha value is -1.99. The molecule has 1 aliphatic heterocycles. The van der Waals surface area contributed by atoms with Gasteiger partial charge in [-0.1, -0.05) is 0 Å². The second-order valence-electron chi connectivity index (χ2n) is 4.85. The van der Waals surface area contributed by atoms with Gasteiger partial charge in [0.25, 0.3) is 0 Å². The first kappa shape index (κ1) is 12.1. The van der Waals surface area contributed by atoms with Crippen molar-refractivity contribution in [3.05, 3.63) is 22.7 Å². The van der Waals surface area contributed by atoms with E-state index in [0.717, 1.165) is 31.9 Å². The van der Waals surface area contributed by atoms with E-state index >= 15 is 0 Å². The van der Waals surface area contributed by atoms with Crippen LogP contribution in [0.3, 0.4) is 0 Å². The van der Waals surface area contributed by atoms with Crippen LogP contribution in [0, 0.1) is 0 Å². The number of nitrogens with one attached hydrogen (secondary N) is 2. The first-order valence-corrected chi connectivity index (χ1v) is 6.24. The number of hydrogen-bond donors (Lipinski definition) is 3. The van der Waals surface area contributed by atoms with E-state index < -0.39 is 5.76 Å². The SMILES string of the molecule is CN1CCN(Nc2cc3[nH]c(=O)oc3cc2N)CC1. The smallest absolute Gasteiger partial charge is 0.408 e. The number of H-pyrrole nitrogens is 1. The zero-order valence-electron chi connectivity index (χ0n) is 10.8. The first-order chi connectivity index (χ1) is 9.11. The van der Waals surface area contributed by atoms with Crippen LogP contribution in [-0.4, -0.2) is 48.1 Å². The minimum Gasteiger partial charge on any atom is -0.408 e. The van der Waals surface area contributed by atoms with Crippen LogP contribution in [0.25, 0.3) is 11.1 Å². The van der Waals surface area contributed by atoms with Gasteiger partial charge in [0.15, 0.2) is 5.58 Å². The van der Waals surface area contributed by atoms with E-state index in [4.69, 9.17) is 10.2 Å². The summed E-state index contributed by atoms with van der Waals surface area (Å²) in [5.41, 5.74) is 11.7. The van der Waals surface area contributed by atoms with E-state index in [1.165, 1.54) is 0 Å². The number of hydrogen-bond acceptors (Lipinski definition) is 6. The summed E-state index contributed by atoms with van der Waals surface area (Å²) < 4.78 is 4.97. The second-order valence-corrected chi connectivity index (χ2v) is 4.85. The van der Waals surface area contributed by atoms with Gasteiger partial charge in [0.05, 0.1) is 16.9 Å². The van der Waals surface area contributed by atoms with Crippen LogP contribution in [0.2, 0.25) is 0 Å². The van der Waals surface area contributed by atoms with Crippen LogP contribution in [0.4, 0.5) is 11.4 Å². The summed E-state index contributed by atoms with van der Waals surface area (Å²) in [6.07, 6.45) is 0. The molecule has 2 aromatic rings. The molecule has 0 bridgehead atoms. The number of anilines is 2. The monoisotopic (exact) mass is 263 g/mol. The third-order valence-electron chi connectivity index (χ3n) is 3.37. The number of oxazole rings is 1. The lowest BCUT2D eigenvalue weighted by molar-refractivity contribution is 0.179. The Kier molecular flexibility index (Phi) is 2.92. The summed E-state index contributed by atoms with van der Waals surface area (Å²) in [4.78, 5) is 16.0. The minimum absolute atomic E-state index is 0.467. The standard InChI is InChI=1S/C12H17N5O2/c1-16-2-4-17(5-3-16)15-9-7-10-11(6-8(9)13)19-12(18)14-10/h6-7,15H,2-5,13H2,1H3,(H,14,18). The van der Waals surface area contributed by atoms with Gasteiger partial charge < -0.3 is 20.5 Å². The molecule has 0 spiro atoms. The molecule has 19 heavy (non-hydrogen) atoms. The molecular formula is C12H17N5O2. The predicted octanol–water partition coefficient (Wildman–Crippen LogP) is 0.278. The molecule has 4 N–H and O–H groups in total. The summed E-state index contributed by atoms with van der Waals surface area (Å²) in [6.45, 7) is 3.88. The van der Waals surface area contributed by atoms with Crippen molar-refractivity contribution < 1.29 is 4.42 Å². The van der Waals surface area contributed by atoms with E-state index in [1.807, 2.05) is 0 Å². The molecule has 7 nitrogen and oxygen atoms in total. The van der Waals surface area contributed by atoms with Crippen molar-refractivity contribution in [1.82, 2.24) is 14.9 Å². The largest absolute Gasteiger partial charge is 0.417 e. The van der Waals surface area contributed by atoms with Gasteiger partial charge in [-0.05, 0) is 13.1 Å². The average molecular weight is 263 g/mol. The number of rotatable bonds is 2. The highest BCUT2D eigenvalue weighted by molar-refractivity contribution is 5.84. The van der Waals surface area contributed by atoms with Crippen LogP contribution in [-0.2, 0) is 0 Å². The normalized spacial score (nSPS) is 17.9. The Morgan fingerprint density at radius 3 is 2.79 bits per heavy atom. The quantitative estimate of drug-likeness (QED) is 0.674. The molecule has 1 fully saturated rings. The van der Waals surface area contributed by atoms with Gasteiger partial charge in [-0.25, -0.2) is 9.80 Å². The van der Waals surface area contributed by atoms with Gasteiger partial charge in [-0.15, -0.1) is 0 Å². The molecule has 3 rings (SSSR count). The zero-order chi connectivity index (χ0) is 13.4. The van der Waals surface area contributed by atoms with Crippen LogP contribution >= 0.6 is 0 Å². The number of benzene rings is 1. The Balaban J connectivity index is 1.84. The van der Waals surface area contributed by atoms with E-state index in [9.17, 15) is 4.79 Å². The topological polar surface area (TPSA) is 90.5 Å². The Morgan fingerprint density at radius 1 is 1.32 bits per heavy atom. The molecule has 0 atom stereocenters. The lowest BCUT2D eigenvalue weighted by Crippen LogP contribution is -2.47. The maximum atomic E-state index is 11.1. The Labute approximate surface area is 109 Å². The minimum atomic E-state index is -0.467. The van der Waals surface area contributed by atoms with Crippen molar-refractivity contribution in [3.63, 3.8) is 0 Å². The number of aromatic nitrogens is 1. The Morgan fingerprint density at radius 2 is 2.05 bits per heavy atom. The van der Waals surface area contributed by atoms with Crippen LogP contribution in [0.5, 0.6) is 0 Å². The van der Waals surface area contributed by atoms with E-state index in [-0.39, 0.29) is 0 Å². The van der Waals surface area contributed by atoms with Crippen molar-refractivity contribution >= 4 is 22.5 Å². The van der Waals surface area contributed by atoms with Gasteiger partial charge >= 0.3 is 5.76 Å². The highest BCUT2D eigenvalue weighted by atomic mass is 16.4. The molecule has 2 heterocycles. The fourth-order valence-electron chi connectivity index (χ4n) is 2.20. The summed E-state index contributed by atoms with van der Waals surface area (Å²) in [5, 5.41) is 2.12. The zero-order valence-corrected chi connectivity index (χ0v) is 10.8. The summed E-state index contributed by atoms with van der Waals surface area (Å²) in [7, 11) is 2.11. The van der Waals surface area contributed by atoms with Gasteiger partial charge in [-0.3, -0.25) is 4.98 Å². The molecule has 0 amide bonds. The molecule has 1 aliphatic rings. The number of aromatic amines is 1. The molecule has 0 radical (unpaired) electrons. The van der Waals surface area contributed by atoms with Crippen LogP contribution < -0.4 is 16.9 Å². The van der Waals surface area contributed by atoms with Crippen molar-refractivity contribution in [2.45, 2.75) is 0 Å². The third kappa shape index (κ3) is 2.42. The van der Waals surface area contributed by atoms with Gasteiger partial charge in [0.2, 0.25) is 0 Å². The maximum absolute atomic E-state index is 11.1. The molecular weight excluding hydrogens is 246 g/mol. The summed E-state index contributed by atoms with van der Waals surface area (Å²) in [5.74, 6) is -0.467. The van der Waals surface area contributed by atoms with Gasteiger partial charge in [-0.2, -0.15) is 0 Å². The average Bonchev–Trinajstić information content (AvgIpc) is 2.72. The molecule has 0 saturated carbocycles. The van der Waals surface area contributed by atoms with Crippen molar-refractivity contribution in [3.8, 4) is 0 Å². The van der Waals surface area contributed by atoms with Crippen molar-refractivity contribution in [2.24, 2.45) is 0 Å². The van der Waals surface area contributed by atoms with E-state index in [1.54, 1.807) is 12.1 Å². The molecule has 0 unspecified atom stereocenters. The molecule has 0 aliphatic carbocycles. The highest BCUT2D eigenvalue weighted by Crippen LogP contribution is 2.24. The lowest BCUT2D eigenvalue weighted by atomic mass is 10.2. The number of fused-ring (bicyclic) bond motifs is 1. The number of nitrogen functional groups attached to an aromatic ring is 1. The molecule has 7 heteroatoms. The highest BCUT2D eigenvalue weighted by Gasteiger charge is 2.15. The lowest BCUT2D eigenvalue weighted by Gasteiger charge is -2.33. The second kappa shape index (κ2) is 4.60. The molecule has 102 valence electrons. The number of nitrogens with zero attached hydrogens (tertiary/aromatic N) is 2. The van der Waals surface area contributed by atoms with Crippen LogP contribution in [0.15, 0.2) is 21.3 Å². The first-order valence-electron chi connectivity index (χ1n) is 6.24. The molecule has 1 aromatic heterocycles. The maximum Gasteiger partial charge on any atom is 0.417 e. The van der Waals surface area contributed by atoms with Gasteiger partial charge in [0, 0.05) is 32.2 Å². The van der Waals surface area contributed by atoms with E-state index in [2.05, 4.69) is 27.4 Å². The van der Waals surface area contributed by atoms with Crippen molar-refractivity contribution in [1.29, 1.82) is 0 Å². The van der Waals surface area contributed by atoms with Crippen molar-refractivity contribution in [2.75, 3.05) is 44.4 Å². The summed E-state index contributed by atoms with van der Waals surface area (Å²) >= 11 is 0. The predicted molar refractivity (Wildman–Crippen MR) is 73.9 cm³/mol. The number of nitrogens with two attached hydrogens (primary N) is 1. The van der Waals surface area contributed by atoms with Gasteiger partial charge in [0.1, 0.15) is 0 Å². The number of likely N-dealkylation sites (N-methyl/N-ethyl adjacent to an activating group) is 1. The fraction of sp³-hybridized carbons (Fsp3) is 0.417. The Bertz CT molecular complexity index is 639. The third-order valence-corrected chi connectivity index (χ3v) is 3.37. The van der Waals surface area contributed by atoms with E-state index in [0.29, 0.717) is 16.8 Å². The molecule has 1 aromatic carbocycles. The van der Waals surface area contributed by atoms with Crippen LogP contribution in [0.1, 0.15) is 0 Å². The number of hydrazine groups is 1. The summed E-state index contributed by atoms with van der Waals surface area (Å²) in [6, 6.07) is 3.46. The molecule has 1 saturated heterocycles. The number of piperazine rings is 1.